The maximum absolute atomic E-state index is 11.0. The van der Waals surface area contributed by atoms with Gasteiger partial charge in [-0.15, -0.1) is 0 Å². The molecule has 0 amide bonds. The van der Waals surface area contributed by atoms with E-state index in [9.17, 15) is 4.79 Å². The Bertz CT molecular complexity index is 774. The van der Waals surface area contributed by atoms with Crippen molar-refractivity contribution in [1.29, 1.82) is 0 Å². The molecule has 4 rings (SSSR count). The van der Waals surface area contributed by atoms with Gasteiger partial charge in [0.25, 0.3) is 0 Å². The smallest absolute Gasteiger partial charge is 0.439 e. The lowest BCUT2D eigenvalue weighted by Gasteiger charge is -2.45. The number of piperidine rings is 1. The third-order valence-electron chi connectivity index (χ3n) is 5.60. The Morgan fingerprint density at radius 1 is 1.26 bits per heavy atom. The predicted molar refractivity (Wildman–Crippen MR) is 98.6 cm³/mol. The van der Waals surface area contributed by atoms with Crippen molar-refractivity contribution >= 4 is 0 Å². The molecule has 0 aliphatic carbocycles. The first-order chi connectivity index (χ1) is 13.2. The van der Waals surface area contributed by atoms with Crippen LogP contribution in [0.4, 0.5) is 0 Å². The lowest BCUT2D eigenvalue weighted by Crippen LogP contribution is -2.46. The normalized spacial score (nSPS) is 20.0. The lowest BCUT2D eigenvalue weighted by molar-refractivity contribution is -0.0279. The molecular formula is C19H26N4O4. The van der Waals surface area contributed by atoms with E-state index in [1.165, 1.54) is 38.8 Å². The Kier molecular flexibility index (Phi) is 5.54. The fraction of sp³-hybridized carbons (Fsp3) is 0.632. The highest BCUT2D eigenvalue weighted by Crippen LogP contribution is 2.39. The summed E-state index contributed by atoms with van der Waals surface area (Å²) in [5, 5.41) is 3.62. The predicted octanol–water partition coefficient (Wildman–Crippen LogP) is 2.09. The number of likely N-dealkylation sites (tertiary alicyclic amines) is 1. The summed E-state index contributed by atoms with van der Waals surface area (Å²) in [4.78, 5) is 20.3. The van der Waals surface area contributed by atoms with Crippen LogP contribution in [-0.4, -0.2) is 59.5 Å². The standard InChI is InChI=1S/C19H26N4O4/c24-18-21-17(22-27-18)16-4-3-15(13-20-16)26-10-2-9-23-8-1-5-19(14-23)6-11-25-12-7-19/h3-4,13H,1-2,5-12,14H2,(H,21,22,24). The van der Waals surface area contributed by atoms with Crippen molar-refractivity contribution in [3.05, 3.63) is 28.9 Å². The molecule has 2 aliphatic rings. The van der Waals surface area contributed by atoms with Gasteiger partial charge in [-0.1, -0.05) is 5.16 Å². The minimum atomic E-state index is -0.590. The van der Waals surface area contributed by atoms with E-state index in [2.05, 4.69) is 24.5 Å². The molecule has 2 aromatic heterocycles. The molecule has 2 fully saturated rings. The van der Waals surface area contributed by atoms with Gasteiger partial charge in [0.1, 0.15) is 11.4 Å². The second-order valence-electron chi connectivity index (χ2n) is 7.52. The Morgan fingerprint density at radius 2 is 2.15 bits per heavy atom. The van der Waals surface area contributed by atoms with E-state index < -0.39 is 5.76 Å². The van der Waals surface area contributed by atoms with Crippen molar-refractivity contribution < 1.29 is 14.0 Å². The van der Waals surface area contributed by atoms with E-state index in [0.717, 1.165) is 26.2 Å². The minimum Gasteiger partial charge on any atom is -0.492 e. The molecule has 4 heterocycles. The molecule has 0 bridgehead atoms. The largest absolute Gasteiger partial charge is 0.492 e. The van der Waals surface area contributed by atoms with Crippen LogP contribution in [0.25, 0.3) is 11.5 Å². The molecule has 27 heavy (non-hydrogen) atoms. The fourth-order valence-electron chi connectivity index (χ4n) is 4.14. The number of nitrogens with zero attached hydrogens (tertiary/aromatic N) is 3. The Labute approximate surface area is 157 Å². The molecular weight excluding hydrogens is 348 g/mol. The summed E-state index contributed by atoms with van der Waals surface area (Å²) in [5.74, 6) is 0.440. The number of ether oxygens (including phenoxy) is 2. The average Bonchev–Trinajstić information content (AvgIpc) is 3.13. The van der Waals surface area contributed by atoms with Crippen LogP contribution in [0.1, 0.15) is 32.1 Å². The monoisotopic (exact) mass is 374 g/mol. The molecule has 8 heteroatoms. The first kappa shape index (κ1) is 18.2. The molecule has 0 radical (unpaired) electrons. The van der Waals surface area contributed by atoms with Gasteiger partial charge in [-0.05, 0) is 56.2 Å². The van der Waals surface area contributed by atoms with Crippen molar-refractivity contribution in [2.45, 2.75) is 32.1 Å². The number of H-pyrrole nitrogens is 1. The number of rotatable bonds is 6. The highest BCUT2D eigenvalue weighted by atomic mass is 16.5. The zero-order valence-electron chi connectivity index (χ0n) is 15.5. The number of hydrogen-bond donors (Lipinski definition) is 1. The summed E-state index contributed by atoms with van der Waals surface area (Å²) < 4.78 is 15.8. The molecule has 146 valence electrons. The first-order valence-electron chi connectivity index (χ1n) is 9.68. The molecule has 8 nitrogen and oxygen atoms in total. The van der Waals surface area contributed by atoms with Gasteiger partial charge in [0.05, 0.1) is 12.8 Å². The summed E-state index contributed by atoms with van der Waals surface area (Å²) in [7, 11) is 0. The molecule has 0 unspecified atom stereocenters. The molecule has 0 atom stereocenters. The van der Waals surface area contributed by atoms with Crippen molar-refractivity contribution in [2.24, 2.45) is 5.41 Å². The lowest BCUT2D eigenvalue weighted by atomic mass is 9.74. The van der Waals surface area contributed by atoms with Crippen LogP contribution in [-0.2, 0) is 4.74 Å². The average molecular weight is 374 g/mol. The third-order valence-corrected chi connectivity index (χ3v) is 5.60. The van der Waals surface area contributed by atoms with Crippen molar-refractivity contribution in [2.75, 3.05) is 39.5 Å². The van der Waals surface area contributed by atoms with E-state index in [1.54, 1.807) is 12.3 Å². The van der Waals surface area contributed by atoms with Crippen molar-refractivity contribution in [1.82, 2.24) is 20.0 Å². The van der Waals surface area contributed by atoms with Crippen molar-refractivity contribution in [3.63, 3.8) is 0 Å². The van der Waals surface area contributed by atoms with Gasteiger partial charge >= 0.3 is 5.76 Å². The van der Waals surface area contributed by atoms with E-state index in [0.29, 0.717) is 29.3 Å². The molecule has 2 aromatic rings. The summed E-state index contributed by atoms with van der Waals surface area (Å²) >= 11 is 0. The van der Waals surface area contributed by atoms with E-state index in [1.807, 2.05) is 6.07 Å². The highest BCUT2D eigenvalue weighted by Gasteiger charge is 2.36. The van der Waals surface area contributed by atoms with Crippen LogP contribution in [0.2, 0.25) is 0 Å². The number of aromatic nitrogens is 3. The van der Waals surface area contributed by atoms with E-state index >= 15 is 0 Å². The van der Waals surface area contributed by atoms with Gasteiger partial charge in [-0.3, -0.25) is 9.51 Å². The van der Waals surface area contributed by atoms with Gasteiger partial charge in [-0.2, -0.15) is 0 Å². The van der Waals surface area contributed by atoms with Gasteiger partial charge in [0.15, 0.2) is 0 Å². The summed E-state index contributed by atoms with van der Waals surface area (Å²) in [5.41, 5.74) is 1.03. The van der Waals surface area contributed by atoms with Crippen LogP contribution in [0, 0.1) is 5.41 Å². The minimum absolute atomic E-state index is 0.318. The third kappa shape index (κ3) is 4.56. The summed E-state index contributed by atoms with van der Waals surface area (Å²) in [6.45, 7) is 5.95. The Morgan fingerprint density at radius 3 is 2.89 bits per heavy atom. The molecule has 0 aromatic carbocycles. The molecule has 1 spiro atoms. The van der Waals surface area contributed by atoms with Gasteiger partial charge < -0.3 is 14.4 Å². The summed E-state index contributed by atoms with van der Waals surface area (Å²) in [6, 6.07) is 3.58. The summed E-state index contributed by atoms with van der Waals surface area (Å²) in [6.07, 6.45) is 7.67. The topological polar surface area (TPSA) is 93.5 Å². The Hall–Kier alpha value is -2.19. The number of nitrogens with one attached hydrogen (secondary N) is 1. The van der Waals surface area contributed by atoms with Crippen LogP contribution in [0.5, 0.6) is 5.75 Å². The fourth-order valence-corrected chi connectivity index (χ4v) is 4.14. The Balaban J connectivity index is 1.21. The second-order valence-corrected chi connectivity index (χ2v) is 7.52. The van der Waals surface area contributed by atoms with Crippen LogP contribution in [0.15, 0.2) is 27.6 Å². The first-order valence-corrected chi connectivity index (χ1v) is 9.68. The molecule has 2 saturated heterocycles. The molecule has 2 aliphatic heterocycles. The highest BCUT2D eigenvalue weighted by molar-refractivity contribution is 5.48. The second kappa shape index (κ2) is 8.22. The van der Waals surface area contributed by atoms with Crippen molar-refractivity contribution in [3.8, 4) is 17.3 Å². The zero-order valence-corrected chi connectivity index (χ0v) is 15.5. The zero-order chi connectivity index (χ0) is 18.5. The number of hydrogen-bond acceptors (Lipinski definition) is 7. The van der Waals surface area contributed by atoms with Crippen LogP contribution in [0.3, 0.4) is 0 Å². The number of pyridine rings is 1. The van der Waals surface area contributed by atoms with Gasteiger partial charge in [0, 0.05) is 26.3 Å². The van der Waals surface area contributed by atoms with Gasteiger partial charge in [0.2, 0.25) is 5.82 Å². The molecule has 1 N–H and O–H groups in total. The maximum Gasteiger partial charge on any atom is 0.439 e. The van der Waals surface area contributed by atoms with E-state index in [-0.39, 0.29) is 0 Å². The van der Waals surface area contributed by atoms with Crippen LogP contribution < -0.4 is 10.5 Å². The van der Waals surface area contributed by atoms with E-state index in [4.69, 9.17) is 9.47 Å². The van der Waals surface area contributed by atoms with Crippen LogP contribution >= 0.6 is 0 Å². The maximum atomic E-state index is 11.0. The van der Waals surface area contributed by atoms with Gasteiger partial charge in [-0.25, -0.2) is 9.78 Å². The quantitative estimate of drug-likeness (QED) is 0.774. The number of aromatic amines is 1. The molecule has 0 saturated carbocycles. The SMILES string of the molecule is O=c1[nH]c(-c2ccc(OCCCN3CCCC4(CCOCC4)C3)cn2)no1.